The van der Waals surface area contributed by atoms with Crippen LogP contribution in [0.25, 0.3) is 5.69 Å². The van der Waals surface area contributed by atoms with Gasteiger partial charge < -0.3 is 5.32 Å². The van der Waals surface area contributed by atoms with Crippen LogP contribution in [0.15, 0.2) is 42.7 Å². The largest absolute Gasteiger partial charge is 0.313 e. The summed E-state index contributed by atoms with van der Waals surface area (Å²) in [7, 11) is 2.08. The van der Waals surface area contributed by atoms with Crippen molar-refractivity contribution in [2.24, 2.45) is 17.8 Å². The van der Waals surface area contributed by atoms with Crippen molar-refractivity contribution in [1.29, 1.82) is 0 Å². The van der Waals surface area contributed by atoms with Gasteiger partial charge in [0.1, 0.15) is 0 Å². The second kappa shape index (κ2) is 4.74. The van der Waals surface area contributed by atoms with Gasteiger partial charge in [-0.05, 0) is 56.2 Å². The normalized spacial score (nSPS) is 29.1. The maximum absolute atomic E-state index is 4.53. The number of nitrogens with one attached hydrogen (secondary N) is 1. The maximum Gasteiger partial charge on any atom is 0.0645 e. The summed E-state index contributed by atoms with van der Waals surface area (Å²) >= 11 is 0. The summed E-state index contributed by atoms with van der Waals surface area (Å²) in [6, 6.07) is 10.8. The second-order valence-electron chi connectivity index (χ2n) is 6.31. The number of hydrogen-bond acceptors (Lipinski definition) is 2. The lowest BCUT2D eigenvalue weighted by molar-refractivity contribution is 0.359. The lowest BCUT2D eigenvalue weighted by Gasteiger charge is -2.23. The van der Waals surface area contributed by atoms with Crippen molar-refractivity contribution in [1.82, 2.24) is 15.1 Å². The molecule has 3 nitrogen and oxygen atoms in total. The molecule has 1 N–H and O–H groups in total. The SMILES string of the molecule is CNC(c1cnn(-c2ccccc2)c1)C1CC2CC2C1. The molecule has 2 fully saturated rings. The first-order chi connectivity index (χ1) is 9.85. The third kappa shape index (κ3) is 2.06. The van der Waals surface area contributed by atoms with Gasteiger partial charge in [-0.15, -0.1) is 0 Å². The molecule has 0 aliphatic heterocycles. The molecule has 2 saturated carbocycles. The van der Waals surface area contributed by atoms with Crippen LogP contribution in [0.2, 0.25) is 0 Å². The third-order valence-corrected chi connectivity index (χ3v) is 5.04. The minimum Gasteiger partial charge on any atom is -0.313 e. The Hall–Kier alpha value is -1.61. The van der Waals surface area contributed by atoms with Crippen molar-refractivity contribution in [3.05, 3.63) is 48.3 Å². The van der Waals surface area contributed by atoms with Gasteiger partial charge in [0.05, 0.1) is 11.9 Å². The summed E-state index contributed by atoms with van der Waals surface area (Å²) in [6.07, 6.45) is 8.48. The minimum absolute atomic E-state index is 0.459. The number of fused-ring (bicyclic) bond motifs is 1. The van der Waals surface area contributed by atoms with Gasteiger partial charge >= 0.3 is 0 Å². The lowest BCUT2D eigenvalue weighted by Crippen LogP contribution is -2.24. The molecular weight excluding hydrogens is 246 g/mol. The molecule has 1 heterocycles. The molecule has 4 rings (SSSR count). The summed E-state index contributed by atoms with van der Waals surface area (Å²) in [5, 5.41) is 8.05. The van der Waals surface area contributed by atoms with Crippen LogP contribution in [-0.2, 0) is 0 Å². The van der Waals surface area contributed by atoms with Crippen molar-refractivity contribution in [3.8, 4) is 5.69 Å². The first-order valence-corrected chi connectivity index (χ1v) is 7.62. The molecule has 3 atom stereocenters. The van der Waals surface area contributed by atoms with Crippen molar-refractivity contribution in [3.63, 3.8) is 0 Å². The standard InChI is InChI=1S/C17H21N3/c1-18-17(14-8-12-7-13(12)9-14)15-10-19-20(11-15)16-5-3-2-4-6-16/h2-6,10-14,17-18H,7-9H2,1H3. The van der Waals surface area contributed by atoms with Gasteiger partial charge in [0.15, 0.2) is 0 Å². The van der Waals surface area contributed by atoms with Crippen LogP contribution in [0.5, 0.6) is 0 Å². The first-order valence-electron chi connectivity index (χ1n) is 7.62. The Balaban J connectivity index is 1.57. The van der Waals surface area contributed by atoms with Crippen molar-refractivity contribution in [2.75, 3.05) is 7.05 Å². The molecule has 20 heavy (non-hydrogen) atoms. The number of para-hydroxylation sites is 1. The van der Waals surface area contributed by atoms with Crippen LogP contribution < -0.4 is 5.32 Å². The van der Waals surface area contributed by atoms with Crippen LogP contribution >= 0.6 is 0 Å². The molecule has 0 spiro atoms. The number of aromatic nitrogens is 2. The number of benzene rings is 1. The minimum atomic E-state index is 0.459. The zero-order valence-corrected chi connectivity index (χ0v) is 11.9. The predicted octanol–water partition coefficient (Wildman–Crippen LogP) is 3.18. The monoisotopic (exact) mass is 267 g/mol. The molecule has 2 aliphatic rings. The highest BCUT2D eigenvalue weighted by molar-refractivity contribution is 5.31. The molecule has 0 radical (unpaired) electrons. The Labute approximate surface area is 120 Å². The molecule has 2 aromatic rings. The van der Waals surface area contributed by atoms with Gasteiger partial charge in [-0.1, -0.05) is 18.2 Å². The summed E-state index contributed by atoms with van der Waals surface area (Å²) in [5.41, 5.74) is 2.45. The van der Waals surface area contributed by atoms with E-state index in [1.165, 1.54) is 24.8 Å². The fraction of sp³-hybridized carbons (Fsp3) is 0.471. The molecule has 0 bridgehead atoms. The number of nitrogens with zero attached hydrogens (tertiary/aromatic N) is 2. The van der Waals surface area contributed by atoms with Gasteiger partial charge in [-0.3, -0.25) is 0 Å². The van der Waals surface area contributed by atoms with Crippen LogP contribution in [-0.4, -0.2) is 16.8 Å². The zero-order valence-electron chi connectivity index (χ0n) is 11.9. The Morgan fingerprint density at radius 3 is 2.60 bits per heavy atom. The van der Waals surface area contributed by atoms with E-state index in [-0.39, 0.29) is 0 Å². The summed E-state index contributed by atoms with van der Waals surface area (Å²) in [5.74, 6) is 2.84. The van der Waals surface area contributed by atoms with E-state index in [4.69, 9.17) is 0 Å². The molecular formula is C17H21N3. The van der Waals surface area contributed by atoms with E-state index in [1.807, 2.05) is 16.9 Å². The van der Waals surface area contributed by atoms with E-state index in [2.05, 4.69) is 47.9 Å². The van der Waals surface area contributed by atoms with Crippen LogP contribution in [0.1, 0.15) is 30.9 Å². The second-order valence-corrected chi connectivity index (χ2v) is 6.31. The Morgan fingerprint density at radius 1 is 1.15 bits per heavy atom. The van der Waals surface area contributed by atoms with E-state index in [0.29, 0.717) is 6.04 Å². The highest BCUT2D eigenvalue weighted by Crippen LogP contribution is 2.57. The fourth-order valence-electron chi connectivity index (χ4n) is 3.93. The van der Waals surface area contributed by atoms with E-state index < -0.39 is 0 Å². The van der Waals surface area contributed by atoms with Gasteiger partial charge in [-0.2, -0.15) is 5.10 Å². The fourth-order valence-corrected chi connectivity index (χ4v) is 3.93. The molecule has 2 aliphatic carbocycles. The molecule has 104 valence electrons. The summed E-state index contributed by atoms with van der Waals surface area (Å²) in [4.78, 5) is 0. The van der Waals surface area contributed by atoms with Crippen molar-refractivity contribution in [2.45, 2.75) is 25.3 Å². The first kappa shape index (κ1) is 12.2. The van der Waals surface area contributed by atoms with Gasteiger partial charge in [0.25, 0.3) is 0 Å². The summed E-state index contributed by atoms with van der Waals surface area (Å²) in [6.45, 7) is 0. The van der Waals surface area contributed by atoms with Gasteiger partial charge in [0, 0.05) is 17.8 Å². The summed E-state index contributed by atoms with van der Waals surface area (Å²) < 4.78 is 1.98. The third-order valence-electron chi connectivity index (χ3n) is 5.04. The van der Waals surface area contributed by atoms with Crippen molar-refractivity contribution < 1.29 is 0 Å². The smallest absolute Gasteiger partial charge is 0.0645 e. The zero-order chi connectivity index (χ0) is 13.5. The quantitative estimate of drug-likeness (QED) is 0.922. The van der Waals surface area contributed by atoms with Crippen molar-refractivity contribution >= 4 is 0 Å². The predicted molar refractivity (Wildman–Crippen MR) is 79.7 cm³/mol. The van der Waals surface area contributed by atoms with E-state index >= 15 is 0 Å². The number of rotatable bonds is 4. The Kier molecular flexibility index (Phi) is 2.88. The average molecular weight is 267 g/mol. The van der Waals surface area contributed by atoms with Crippen LogP contribution in [0.4, 0.5) is 0 Å². The highest BCUT2D eigenvalue weighted by atomic mass is 15.3. The average Bonchev–Trinajstić information content (AvgIpc) is 2.92. The van der Waals surface area contributed by atoms with Gasteiger partial charge in [0.2, 0.25) is 0 Å². The molecule has 0 amide bonds. The van der Waals surface area contributed by atoms with Crippen LogP contribution in [0.3, 0.4) is 0 Å². The van der Waals surface area contributed by atoms with Crippen LogP contribution in [0, 0.1) is 17.8 Å². The molecule has 3 heteroatoms. The van der Waals surface area contributed by atoms with E-state index in [1.54, 1.807) is 0 Å². The molecule has 0 saturated heterocycles. The molecule has 1 aromatic carbocycles. The molecule has 1 aromatic heterocycles. The maximum atomic E-state index is 4.53. The number of hydrogen-bond donors (Lipinski definition) is 1. The highest BCUT2D eigenvalue weighted by Gasteiger charge is 2.47. The Bertz CT molecular complexity index is 579. The lowest BCUT2D eigenvalue weighted by atomic mass is 9.91. The van der Waals surface area contributed by atoms with Gasteiger partial charge in [-0.25, -0.2) is 4.68 Å². The van der Waals surface area contributed by atoms with E-state index in [0.717, 1.165) is 23.4 Å². The Morgan fingerprint density at radius 2 is 1.90 bits per heavy atom. The topological polar surface area (TPSA) is 29.9 Å². The van der Waals surface area contributed by atoms with E-state index in [9.17, 15) is 0 Å². The molecule has 3 unspecified atom stereocenters.